The lowest BCUT2D eigenvalue weighted by Gasteiger charge is -2.30. The van der Waals surface area contributed by atoms with Crippen LogP contribution in [-0.2, 0) is 9.53 Å². The monoisotopic (exact) mass is 195 g/mol. The third-order valence-electron chi connectivity index (χ3n) is 4.07. The van der Waals surface area contributed by atoms with Gasteiger partial charge in [0.2, 0.25) is 5.91 Å². The normalized spacial score (nSPS) is 36.1. The number of nitrogens with zero attached hydrogens (tertiary/aromatic N) is 1. The van der Waals surface area contributed by atoms with E-state index in [0.717, 1.165) is 13.0 Å². The smallest absolute Gasteiger partial charge is 0.228 e. The molecule has 1 atom stereocenters. The molecule has 1 heterocycles. The molecule has 2 saturated carbocycles. The topological polar surface area (TPSA) is 29.5 Å². The average Bonchev–Trinajstić information content (AvgIpc) is 3.00. The Kier molecular flexibility index (Phi) is 1.45. The highest BCUT2D eigenvalue weighted by atomic mass is 16.5. The fourth-order valence-corrected chi connectivity index (χ4v) is 2.71. The highest BCUT2D eigenvalue weighted by Crippen LogP contribution is 2.71. The van der Waals surface area contributed by atoms with Crippen LogP contribution in [0.5, 0.6) is 0 Å². The second-order valence-electron chi connectivity index (χ2n) is 5.40. The minimum Gasteiger partial charge on any atom is -0.354 e. The van der Waals surface area contributed by atoms with Crippen molar-refractivity contribution < 1.29 is 9.53 Å². The lowest BCUT2D eigenvalue weighted by atomic mass is 10.2. The Morgan fingerprint density at radius 2 is 2.14 bits per heavy atom. The molecule has 1 aliphatic heterocycles. The summed E-state index contributed by atoms with van der Waals surface area (Å²) in [6, 6.07) is 0. The van der Waals surface area contributed by atoms with Gasteiger partial charge in [0.15, 0.2) is 0 Å². The third kappa shape index (κ3) is 1.05. The molecule has 3 heteroatoms. The SMILES string of the molecule is CC1(C)OCCN1C(=O)[C@@H]1CC12CC2. The lowest BCUT2D eigenvalue weighted by molar-refractivity contribution is -0.145. The molecule has 78 valence electrons. The zero-order chi connectivity index (χ0) is 9.97. The van der Waals surface area contributed by atoms with E-state index in [0.29, 0.717) is 23.8 Å². The Bertz CT molecular complexity index is 294. The van der Waals surface area contributed by atoms with Gasteiger partial charge in [0.1, 0.15) is 5.72 Å². The summed E-state index contributed by atoms with van der Waals surface area (Å²) in [6.45, 7) is 5.44. The Balaban J connectivity index is 1.73. The van der Waals surface area contributed by atoms with Gasteiger partial charge in [-0.05, 0) is 38.5 Å². The van der Waals surface area contributed by atoms with Crippen LogP contribution in [0.15, 0.2) is 0 Å². The van der Waals surface area contributed by atoms with Crippen LogP contribution in [0.1, 0.15) is 33.1 Å². The molecule has 0 bridgehead atoms. The van der Waals surface area contributed by atoms with E-state index in [1.807, 2.05) is 18.7 Å². The van der Waals surface area contributed by atoms with Crippen molar-refractivity contribution in [2.75, 3.05) is 13.2 Å². The molecule has 3 fully saturated rings. The first kappa shape index (κ1) is 8.72. The summed E-state index contributed by atoms with van der Waals surface area (Å²) in [7, 11) is 0. The van der Waals surface area contributed by atoms with Crippen LogP contribution < -0.4 is 0 Å². The first-order valence-corrected chi connectivity index (χ1v) is 5.51. The van der Waals surface area contributed by atoms with E-state index in [4.69, 9.17) is 4.74 Å². The van der Waals surface area contributed by atoms with Crippen molar-refractivity contribution >= 4 is 5.91 Å². The molecule has 0 aromatic heterocycles. The van der Waals surface area contributed by atoms with Gasteiger partial charge in [-0.15, -0.1) is 0 Å². The second-order valence-corrected chi connectivity index (χ2v) is 5.40. The van der Waals surface area contributed by atoms with E-state index >= 15 is 0 Å². The molecule has 2 aliphatic carbocycles. The van der Waals surface area contributed by atoms with Crippen LogP contribution in [0.4, 0.5) is 0 Å². The maximum Gasteiger partial charge on any atom is 0.228 e. The van der Waals surface area contributed by atoms with Gasteiger partial charge in [0.25, 0.3) is 0 Å². The molecule has 0 radical (unpaired) electrons. The highest BCUT2D eigenvalue weighted by Gasteiger charge is 2.67. The summed E-state index contributed by atoms with van der Waals surface area (Å²) < 4.78 is 5.55. The van der Waals surface area contributed by atoms with E-state index in [-0.39, 0.29) is 5.72 Å². The van der Waals surface area contributed by atoms with Crippen molar-refractivity contribution in [2.24, 2.45) is 11.3 Å². The maximum absolute atomic E-state index is 12.1. The Morgan fingerprint density at radius 1 is 1.43 bits per heavy atom. The predicted molar refractivity (Wildman–Crippen MR) is 51.5 cm³/mol. The summed E-state index contributed by atoms with van der Waals surface area (Å²) in [6.07, 6.45) is 3.69. The van der Waals surface area contributed by atoms with E-state index in [2.05, 4.69) is 0 Å². The molecule has 1 saturated heterocycles. The zero-order valence-electron chi connectivity index (χ0n) is 8.88. The van der Waals surface area contributed by atoms with E-state index in [1.54, 1.807) is 0 Å². The number of ether oxygens (including phenoxy) is 1. The van der Waals surface area contributed by atoms with Crippen LogP contribution in [0.3, 0.4) is 0 Å². The Morgan fingerprint density at radius 3 is 2.57 bits per heavy atom. The van der Waals surface area contributed by atoms with Gasteiger partial charge in [-0.25, -0.2) is 0 Å². The number of rotatable bonds is 1. The van der Waals surface area contributed by atoms with Crippen LogP contribution >= 0.6 is 0 Å². The van der Waals surface area contributed by atoms with Crippen LogP contribution in [-0.4, -0.2) is 29.7 Å². The maximum atomic E-state index is 12.1. The Labute approximate surface area is 84.4 Å². The van der Waals surface area contributed by atoms with Gasteiger partial charge in [-0.2, -0.15) is 0 Å². The molecule has 1 spiro atoms. The van der Waals surface area contributed by atoms with Crippen molar-refractivity contribution in [2.45, 2.75) is 38.8 Å². The second kappa shape index (κ2) is 2.32. The van der Waals surface area contributed by atoms with Crippen molar-refractivity contribution in [3.05, 3.63) is 0 Å². The summed E-state index contributed by atoms with van der Waals surface area (Å²) in [5.41, 5.74) is 0.103. The molecule has 14 heavy (non-hydrogen) atoms. The largest absolute Gasteiger partial charge is 0.354 e. The Hall–Kier alpha value is -0.570. The molecular formula is C11H17NO2. The van der Waals surface area contributed by atoms with Gasteiger partial charge in [0, 0.05) is 12.5 Å². The van der Waals surface area contributed by atoms with Crippen LogP contribution in [0.25, 0.3) is 0 Å². The molecule has 3 nitrogen and oxygen atoms in total. The minimum atomic E-state index is -0.365. The summed E-state index contributed by atoms with van der Waals surface area (Å²) in [5.74, 6) is 0.675. The van der Waals surface area contributed by atoms with Gasteiger partial charge < -0.3 is 9.64 Å². The lowest BCUT2D eigenvalue weighted by Crippen LogP contribution is -2.44. The molecule has 3 rings (SSSR count). The molecule has 0 unspecified atom stereocenters. The first-order chi connectivity index (χ1) is 6.55. The van der Waals surface area contributed by atoms with Gasteiger partial charge >= 0.3 is 0 Å². The molecule has 1 amide bonds. The number of amides is 1. The first-order valence-electron chi connectivity index (χ1n) is 5.51. The van der Waals surface area contributed by atoms with E-state index in [1.165, 1.54) is 12.8 Å². The molecule has 0 aromatic carbocycles. The van der Waals surface area contributed by atoms with Crippen molar-refractivity contribution in [3.8, 4) is 0 Å². The summed E-state index contributed by atoms with van der Waals surface area (Å²) >= 11 is 0. The summed E-state index contributed by atoms with van der Waals surface area (Å²) in [4.78, 5) is 14.0. The van der Waals surface area contributed by atoms with E-state index in [9.17, 15) is 4.79 Å². The number of carbonyl (C=O) groups is 1. The molecular weight excluding hydrogens is 178 g/mol. The molecule has 0 N–H and O–H groups in total. The van der Waals surface area contributed by atoms with Gasteiger partial charge in [-0.3, -0.25) is 4.79 Å². The average molecular weight is 195 g/mol. The predicted octanol–water partition coefficient (Wildman–Crippen LogP) is 1.38. The quantitative estimate of drug-likeness (QED) is 0.632. The van der Waals surface area contributed by atoms with Crippen molar-refractivity contribution in [3.63, 3.8) is 0 Å². The van der Waals surface area contributed by atoms with Crippen molar-refractivity contribution in [1.29, 1.82) is 0 Å². The van der Waals surface area contributed by atoms with Crippen LogP contribution in [0, 0.1) is 11.3 Å². The van der Waals surface area contributed by atoms with Crippen LogP contribution in [0.2, 0.25) is 0 Å². The zero-order valence-corrected chi connectivity index (χ0v) is 8.88. The fourth-order valence-electron chi connectivity index (χ4n) is 2.71. The van der Waals surface area contributed by atoms with Gasteiger partial charge in [-0.1, -0.05) is 0 Å². The third-order valence-corrected chi connectivity index (χ3v) is 4.07. The minimum absolute atomic E-state index is 0.337. The molecule has 3 aliphatic rings. The highest BCUT2D eigenvalue weighted by molar-refractivity contribution is 5.84. The molecule has 0 aromatic rings. The summed E-state index contributed by atoms with van der Waals surface area (Å²) in [5, 5.41) is 0. The number of carbonyl (C=O) groups excluding carboxylic acids is 1. The van der Waals surface area contributed by atoms with Crippen molar-refractivity contribution in [1.82, 2.24) is 4.90 Å². The number of hydrogen-bond donors (Lipinski definition) is 0. The standard InChI is InChI=1S/C11H17NO2/c1-10(2)12(5-6-14-10)9(13)8-7-11(8)3-4-11/h8H,3-7H2,1-2H3/t8-/m0/s1. The number of hydrogen-bond acceptors (Lipinski definition) is 2. The van der Waals surface area contributed by atoms with E-state index < -0.39 is 0 Å². The fraction of sp³-hybridized carbons (Fsp3) is 0.909. The van der Waals surface area contributed by atoms with Gasteiger partial charge in [0.05, 0.1) is 6.61 Å².